The van der Waals surface area contributed by atoms with Crippen molar-refractivity contribution in [1.82, 2.24) is 0 Å². The van der Waals surface area contributed by atoms with Gasteiger partial charge in [0.05, 0.1) is 11.1 Å². The molecule has 1 aromatic heterocycles. The lowest BCUT2D eigenvalue weighted by Crippen LogP contribution is -2.16. The molecule has 0 fully saturated rings. The predicted molar refractivity (Wildman–Crippen MR) is 232 cm³/mol. The Bertz CT molecular complexity index is 3130. The van der Waals surface area contributed by atoms with E-state index in [4.69, 9.17) is 4.42 Å². The van der Waals surface area contributed by atoms with Gasteiger partial charge in [0.15, 0.2) is 0 Å². The standard InChI is InChI=1S/C53H37NO/c1-53(2)47-14-7-5-12-44(47)45-29-28-43(33-48(45)53)54(49-15-9-17-51-52(49)46-13-6-8-16-50(46)55-51)42-26-24-35(25-27-42)37-20-21-40-32-41(23-22-39(40)31-37)38-19-18-34-10-3-4-11-36(34)30-38/h3-33H,1-2H3. The van der Waals surface area contributed by atoms with Crippen molar-refractivity contribution in [2.75, 3.05) is 4.90 Å². The van der Waals surface area contributed by atoms with E-state index < -0.39 is 0 Å². The average Bonchev–Trinajstić information content (AvgIpc) is 3.73. The summed E-state index contributed by atoms with van der Waals surface area (Å²) in [5.74, 6) is 0. The molecule has 11 rings (SSSR count). The summed E-state index contributed by atoms with van der Waals surface area (Å²) in [5.41, 5.74) is 15.2. The van der Waals surface area contributed by atoms with E-state index in [1.54, 1.807) is 0 Å². The highest BCUT2D eigenvalue weighted by atomic mass is 16.3. The number of nitrogens with zero attached hydrogens (tertiary/aromatic N) is 1. The van der Waals surface area contributed by atoms with Crippen molar-refractivity contribution in [3.8, 4) is 33.4 Å². The van der Waals surface area contributed by atoms with Crippen LogP contribution in [0.4, 0.5) is 17.1 Å². The van der Waals surface area contributed by atoms with Gasteiger partial charge in [-0.15, -0.1) is 0 Å². The number of benzene rings is 9. The molecule has 0 spiro atoms. The minimum Gasteiger partial charge on any atom is -0.456 e. The van der Waals surface area contributed by atoms with Crippen molar-refractivity contribution in [1.29, 1.82) is 0 Å². The first-order valence-electron chi connectivity index (χ1n) is 19.1. The van der Waals surface area contributed by atoms with Gasteiger partial charge in [-0.3, -0.25) is 0 Å². The average molecular weight is 704 g/mol. The van der Waals surface area contributed by atoms with E-state index in [-0.39, 0.29) is 5.41 Å². The quantitative estimate of drug-likeness (QED) is 0.177. The highest BCUT2D eigenvalue weighted by molar-refractivity contribution is 6.13. The van der Waals surface area contributed by atoms with Gasteiger partial charge in [-0.05, 0) is 127 Å². The van der Waals surface area contributed by atoms with Crippen LogP contribution in [0.1, 0.15) is 25.0 Å². The normalized spacial score (nSPS) is 13.1. The summed E-state index contributed by atoms with van der Waals surface area (Å²) in [4.78, 5) is 2.40. The maximum Gasteiger partial charge on any atom is 0.137 e. The zero-order valence-corrected chi connectivity index (χ0v) is 30.8. The number of hydrogen-bond acceptors (Lipinski definition) is 2. The molecule has 2 nitrogen and oxygen atoms in total. The molecular formula is C53H37NO. The molecule has 260 valence electrons. The molecule has 0 saturated heterocycles. The van der Waals surface area contributed by atoms with Crippen LogP contribution in [-0.4, -0.2) is 0 Å². The van der Waals surface area contributed by atoms with E-state index in [2.05, 4.69) is 201 Å². The molecular weight excluding hydrogens is 667 g/mol. The Hall–Kier alpha value is -6.90. The number of para-hydroxylation sites is 1. The Morgan fingerprint density at radius 1 is 0.400 bits per heavy atom. The zero-order valence-electron chi connectivity index (χ0n) is 30.8. The third-order valence-electron chi connectivity index (χ3n) is 11.8. The lowest BCUT2D eigenvalue weighted by molar-refractivity contribution is 0.660. The maximum atomic E-state index is 6.40. The first-order valence-corrected chi connectivity index (χ1v) is 19.1. The lowest BCUT2D eigenvalue weighted by Gasteiger charge is -2.28. The smallest absolute Gasteiger partial charge is 0.137 e. The van der Waals surface area contributed by atoms with Crippen LogP contribution in [0, 0.1) is 0 Å². The molecule has 1 aliphatic rings. The van der Waals surface area contributed by atoms with Gasteiger partial charge in [0, 0.05) is 22.2 Å². The summed E-state index contributed by atoms with van der Waals surface area (Å²) >= 11 is 0. The van der Waals surface area contributed by atoms with Crippen LogP contribution >= 0.6 is 0 Å². The Kier molecular flexibility index (Phi) is 6.93. The number of hydrogen-bond donors (Lipinski definition) is 0. The van der Waals surface area contributed by atoms with Crippen LogP contribution < -0.4 is 4.90 Å². The molecule has 9 aromatic carbocycles. The van der Waals surface area contributed by atoms with Crippen molar-refractivity contribution >= 4 is 60.5 Å². The lowest BCUT2D eigenvalue weighted by atomic mass is 9.82. The SMILES string of the molecule is CC1(C)c2ccccc2-c2ccc(N(c3ccc(-c4ccc5cc(-c6ccc7ccccc7c6)ccc5c4)cc3)c3cccc4oc5ccccc5c34)cc21. The molecule has 0 radical (unpaired) electrons. The molecule has 1 heterocycles. The highest BCUT2D eigenvalue weighted by Crippen LogP contribution is 2.51. The van der Waals surface area contributed by atoms with Crippen LogP contribution in [0.2, 0.25) is 0 Å². The van der Waals surface area contributed by atoms with E-state index in [0.717, 1.165) is 39.0 Å². The Balaban J connectivity index is 1.00. The van der Waals surface area contributed by atoms with Crippen molar-refractivity contribution in [3.05, 3.63) is 199 Å². The molecule has 10 aromatic rings. The van der Waals surface area contributed by atoms with E-state index in [0.29, 0.717) is 0 Å². The second kappa shape index (κ2) is 12.1. The minimum absolute atomic E-state index is 0.113. The Labute approximate surface area is 320 Å². The predicted octanol–water partition coefficient (Wildman–Crippen LogP) is 15.0. The van der Waals surface area contributed by atoms with Crippen molar-refractivity contribution < 1.29 is 4.42 Å². The third-order valence-corrected chi connectivity index (χ3v) is 11.8. The number of anilines is 3. The molecule has 0 saturated carbocycles. The van der Waals surface area contributed by atoms with E-state index in [1.165, 1.54) is 66.1 Å². The van der Waals surface area contributed by atoms with E-state index >= 15 is 0 Å². The van der Waals surface area contributed by atoms with Gasteiger partial charge in [0.1, 0.15) is 11.2 Å². The third kappa shape index (κ3) is 5.02. The molecule has 2 heteroatoms. The number of rotatable bonds is 5. The van der Waals surface area contributed by atoms with Gasteiger partial charge in [0.2, 0.25) is 0 Å². The second-order valence-electron chi connectivity index (χ2n) is 15.4. The van der Waals surface area contributed by atoms with Crippen molar-refractivity contribution in [2.45, 2.75) is 19.3 Å². The van der Waals surface area contributed by atoms with Crippen molar-refractivity contribution in [3.63, 3.8) is 0 Å². The summed E-state index contributed by atoms with van der Waals surface area (Å²) in [5, 5.41) is 7.22. The van der Waals surface area contributed by atoms with Crippen LogP contribution in [0.15, 0.2) is 192 Å². The zero-order chi connectivity index (χ0) is 36.7. The van der Waals surface area contributed by atoms with Gasteiger partial charge >= 0.3 is 0 Å². The van der Waals surface area contributed by atoms with Crippen LogP contribution in [-0.2, 0) is 5.41 Å². The molecule has 0 bridgehead atoms. The summed E-state index contributed by atoms with van der Waals surface area (Å²) in [7, 11) is 0. The minimum atomic E-state index is -0.113. The molecule has 1 aliphatic carbocycles. The van der Waals surface area contributed by atoms with Crippen LogP contribution in [0.25, 0.3) is 76.9 Å². The molecule has 0 atom stereocenters. The van der Waals surface area contributed by atoms with Gasteiger partial charge in [-0.25, -0.2) is 0 Å². The fraction of sp³-hybridized carbons (Fsp3) is 0.0566. The summed E-state index contributed by atoms with van der Waals surface area (Å²) in [6.07, 6.45) is 0. The largest absolute Gasteiger partial charge is 0.456 e. The molecule has 0 N–H and O–H groups in total. The molecule has 0 aliphatic heterocycles. The van der Waals surface area contributed by atoms with E-state index in [1.807, 2.05) is 6.07 Å². The number of fused-ring (bicyclic) bond motifs is 8. The Morgan fingerprint density at radius 3 is 1.75 bits per heavy atom. The molecule has 55 heavy (non-hydrogen) atoms. The first-order chi connectivity index (χ1) is 27.0. The monoisotopic (exact) mass is 703 g/mol. The van der Waals surface area contributed by atoms with Gasteiger partial charge in [-0.1, -0.05) is 141 Å². The van der Waals surface area contributed by atoms with Gasteiger partial charge in [-0.2, -0.15) is 0 Å². The topological polar surface area (TPSA) is 16.4 Å². The summed E-state index contributed by atoms with van der Waals surface area (Å²) in [6, 6.07) is 68.5. The highest BCUT2D eigenvalue weighted by Gasteiger charge is 2.36. The number of furan rings is 1. The Morgan fingerprint density at radius 2 is 0.964 bits per heavy atom. The molecule has 0 amide bonds. The fourth-order valence-corrected chi connectivity index (χ4v) is 8.98. The van der Waals surface area contributed by atoms with Crippen LogP contribution in [0.5, 0.6) is 0 Å². The van der Waals surface area contributed by atoms with E-state index in [9.17, 15) is 0 Å². The van der Waals surface area contributed by atoms with Gasteiger partial charge in [0.25, 0.3) is 0 Å². The summed E-state index contributed by atoms with van der Waals surface area (Å²) < 4.78 is 6.40. The van der Waals surface area contributed by atoms with Gasteiger partial charge < -0.3 is 9.32 Å². The van der Waals surface area contributed by atoms with Crippen LogP contribution in [0.3, 0.4) is 0 Å². The fourth-order valence-electron chi connectivity index (χ4n) is 8.98. The first kappa shape index (κ1) is 31.6. The van der Waals surface area contributed by atoms with Crippen molar-refractivity contribution in [2.24, 2.45) is 0 Å². The maximum absolute atomic E-state index is 6.40. The molecule has 0 unspecified atom stereocenters. The second-order valence-corrected chi connectivity index (χ2v) is 15.4. The summed E-state index contributed by atoms with van der Waals surface area (Å²) in [6.45, 7) is 4.69.